The van der Waals surface area contributed by atoms with Crippen molar-refractivity contribution in [1.29, 1.82) is 0 Å². The van der Waals surface area contributed by atoms with Gasteiger partial charge in [-0.1, -0.05) is 30.3 Å². The maximum atomic E-state index is 12.4. The molecule has 2 N–H and O–H groups in total. The number of hydrogen-bond donors (Lipinski definition) is 2. The molecule has 1 aliphatic heterocycles. The van der Waals surface area contributed by atoms with Gasteiger partial charge in [0.2, 0.25) is 5.91 Å². The molecule has 0 aromatic heterocycles. The third-order valence-corrected chi connectivity index (χ3v) is 4.56. The highest BCUT2D eigenvalue weighted by Gasteiger charge is 2.65. The average molecular weight is 279 g/mol. The maximum absolute atomic E-state index is 12.4. The van der Waals surface area contributed by atoms with Crippen LogP contribution in [0, 0.1) is 0 Å². The third-order valence-electron chi connectivity index (χ3n) is 4.56. The minimum Gasteiger partial charge on any atom is -0.478 e. The molecule has 0 bridgehead atoms. The summed E-state index contributed by atoms with van der Waals surface area (Å²) in [5.41, 5.74) is 2.33. The normalized spacial score (nSPS) is 25.5. The number of aromatic carboxylic acids is 1. The predicted octanol–water partition coefficient (Wildman–Crippen LogP) is 2.76. The minimum absolute atomic E-state index is 0.0195. The molecule has 4 heteroatoms. The number of nitrogens with one attached hydrogen (secondary N) is 1. The Morgan fingerprint density at radius 3 is 2.67 bits per heavy atom. The van der Waals surface area contributed by atoms with E-state index in [0.29, 0.717) is 0 Å². The zero-order chi connectivity index (χ0) is 14.6. The summed E-state index contributed by atoms with van der Waals surface area (Å²) in [5.74, 6) is -0.859. The molecule has 0 saturated heterocycles. The number of anilines is 1. The number of amides is 1. The van der Waals surface area contributed by atoms with E-state index >= 15 is 0 Å². The zero-order valence-corrected chi connectivity index (χ0v) is 11.2. The highest BCUT2D eigenvalue weighted by molar-refractivity contribution is 6.10. The largest absolute Gasteiger partial charge is 0.478 e. The maximum Gasteiger partial charge on any atom is 0.335 e. The SMILES string of the molecule is O=C(O)c1ccc2c(c1)[C@@]1(C[C@H]1c1ccccc1)C(=O)N2. The van der Waals surface area contributed by atoms with E-state index in [1.54, 1.807) is 12.1 Å². The number of fused-ring (bicyclic) bond motifs is 2. The molecule has 1 saturated carbocycles. The van der Waals surface area contributed by atoms with Crippen molar-refractivity contribution in [3.8, 4) is 0 Å². The average Bonchev–Trinajstić information content (AvgIpc) is 3.18. The van der Waals surface area contributed by atoms with Crippen LogP contribution in [-0.2, 0) is 10.2 Å². The molecule has 21 heavy (non-hydrogen) atoms. The van der Waals surface area contributed by atoms with Crippen molar-refractivity contribution < 1.29 is 14.7 Å². The van der Waals surface area contributed by atoms with Crippen molar-refractivity contribution in [3.63, 3.8) is 0 Å². The Morgan fingerprint density at radius 1 is 1.19 bits per heavy atom. The molecule has 104 valence electrons. The monoisotopic (exact) mass is 279 g/mol. The van der Waals surface area contributed by atoms with Crippen LogP contribution in [0.2, 0.25) is 0 Å². The lowest BCUT2D eigenvalue weighted by Gasteiger charge is -2.09. The predicted molar refractivity (Wildman–Crippen MR) is 77.5 cm³/mol. The van der Waals surface area contributed by atoms with Crippen molar-refractivity contribution in [3.05, 3.63) is 65.2 Å². The van der Waals surface area contributed by atoms with Gasteiger partial charge < -0.3 is 10.4 Å². The number of carboxylic acid groups (broad SMARTS) is 1. The lowest BCUT2D eigenvalue weighted by Crippen LogP contribution is -2.21. The fraction of sp³-hybridized carbons (Fsp3) is 0.176. The first-order chi connectivity index (χ1) is 10.1. The molecular formula is C17H13NO3. The highest BCUT2D eigenvalue weighted by atomic mass is 16.4. The number of carboxylic acids is 1. The van der Waals surface area contributed by atoms with Gasteiger partial charge in [-0.25, -0.2) is 4.79 Å². The summed E-state index contributed by atoms with van der Waals surface area (Å²) in [5, 5.41) is 12.0. The van der Waals surface area contributed by atoms with Gasteiger partial charge in [0.1, 0.15) is 0 Å². The van der Waals surface area contributed by atoms with Gasteiger partial charge in [-0.05, 0) is 35.7 Å². The molecule has 2 aliphatic rings. The van der Waals surface area contributed by atoms with Gasteiger partial charge in [0.05, 0.1) is 11.0 Å². The molecule has 1 spiro atoms. The summed E-state index contributed by atoms with van der Waals surface area (Å²) in [7, 11) is 0. The molecule has 1 heterocycles. The highest BCUT2D eigenvalue weighted by Crippen LogP contribution is 2.64. The van der Waals surface area contributed by atoms with E-state index in [4.69, 9.17) is 5.11 Å². The van der Waals surface area contributed by atoms with Gasteiger partial charge in [0, 0.05) is 11.6 Å². The molecule has 4 rings (SSSR count). The van der Waals surface area contributed by atoms with Crippen molar-refractivity contribution in [1.82, 2.24) is 0 Å². The topological polar surface area (TPSA) is 66.4 Å². The molecule has 1 fully saturated rings. The van der Waals surface area contributed by atoms with Gasteiger partial charge >= 0.3 is 5.97 Å². The summed E-state index contributed by atoms with van der Waals surface area (Å²) in [4.78, 5) is 23.6. The lowest BCUT2D eigenvalue weighted by atomic mass is 9.91. The Labute approximate surface area is 121 Å². The Hall–Kier alpha value is -2.62. The Kier molecular flexibility index (Phi) is 2.28. The fourth-order valence-electron chi connectivity index (χ4n) is 3.41. The number of carbonyl (C=O) groups excluding carboxylic acids is 1. The van der Waals surface area contributed by atoms with Crippen LogP contribution in [0.3, 0.4) is 0 Å². The van der Waals surface area contributed by atoms with Crippen molar-refractivity contribution in [2.24, 2.45) is 0 Å². The van der Waals surface area contributed by atoms with Crippen LogP contribution >= 0.6 is 0 Å². The van der Waals surface area contributed by atoms with Gasteiger partial charge in [0.25, 0.3) is 0 Å². The number of carbonyl (C=O) groups is 2. The summed E-state index contributed by atoms with van der Waals surface area (Å²) in [6.45, 7) is 0. The van der Waals surface area contributed by atoms with Crippen LogP contribution in [0.4, 0.5) is 5.69 Å². The van der Waals surface area contributed by atoms with Crippen molar-refractivity contribution >= 4 is 17.6 Å². The summed E-state index contributed by atoms with van der Waals surface area (Å²) in [6, 6.07) is 14.8. The zero-order valence-electron chi connectivity index (χ0n) is 11.2. The van der Waals surface area contributed by atoms with E-state index in [1.807, 2.05) is 30.3 Å². The molecule has 4 nitrogen and oxygen atoms in total. The second-order valence-electron chi connectivity index (χ2n) is 5.66. The Morgan fingerprint density at radius 2 is 1.95 bits per heavy atom. The molecule has 0 unspecified atom stereocenters. The summed E-state index contributed by atoms with van der Waals surface area (Å²) < 4.78 is 0. The lowest BCUT2D eigenvalue weighted by molar-refractivity contribution is -0.118. The Bertz CT molecular complexity index is 769. The van der Waals surface area contributed by atoms with Gasteiger partial charge in [0.15, 0.2) is 0 Å². The van der Waals surface area contributed by atoms with Crippen LogP contribution in [0.5, 0.6) is 0 Å². The molecule has 2 aromatic rings. The van der Waals surface area contributed by atoms with E-state index in [1.165, 1.54) is 6.07 Å². The quantitative estimate of drug-likeness (QED) is 0.888. The van der Waals surface area contributed by atoms with Crippen molar-refractivity contribution in [2.45, 2.75) is 17.8 Å². The second kappa shape index (κ2) is 3.95. The van der Waals surface area contributed by atoms with Crippen LogP contribution < -0.4 is 5.32 Å². The summed E-state index contributed by atoms with van der Waals surface area (Å²) in [6.07, 6.45) is 0.735. The van der Waals surface area contributed by atoms with Crippen LogP contribution in [-0.4, -0.2) is 17.0 Å². The number of hydrogen-bond acceptors (Lipinski definition) is 2. The smallest absolute Gasteiger partial charge is 0.335 e. The van der Waals surface area contributed by atoms with Gasteiger partial charge in [-0.3, -0.25) is 4.79 Å². The number of benzene rings is 2. The van der Waals surface area contributed by atoms with Crippen LogP contribution in [0.1, 0.15) is 33.8 Å². The van der Waals surface area contributed by atoms with E-state index in [0.717, 1.165) is 23.2 Å². The fourth-order valence-corrected chi connectivity index (χ4v) is 3.41. The van der Waals surface area contributed by atoms with Gasteiger partial charge in [-0.2, -0.15) is 0 Å². The molecule has 2 aromatic carbocycles. The first kappa shape index (κ1) is 12.1. The molecule has 1 aliphatic carbocycles. The first-order valence-electron chi connectivity index (χ1n) is 6.87. The van der Waals surface area contributed by atoms with E-state index in [2.05, 4.69) is 5.32 Å². The molecule has 2 atom stereocenters. The van der Waals surface area contributed by atoms with E-state index in [9.17, 15) is 9.59 Å². The molecule has 0 radical (unpaired) electrons. The van der Waals surface area contributed by atoms with E-state index < -0.39 is 11.4 Å². The second-order valence-corrected chi connectivity index (χ2v) is 5.66. The third kappa shape index (κ3) is 1.56. The molecule has 1 amide bonds. The van der Waals surface area contributed by atoms with E-state index in [-0.39, 0.29) is 17.4 Å². The summed E-state index contributed by atoms with van der Waals surface area (Å²) >= 11 is 0. The van der Waals surface area contributed by atoms with Gasteiger partial charge in [-0.15, -0.1) is 0 Å². The standard InChI is InChI=1S/C17H13NO3/c19-15(20)11-6-7-14-12(8-11)17(16(21)18-14)9-13(17)10-4-2-1-3-5-10/h1-8,13H,9H2,(H,18,21)(H,19,20)/t13-,17+/m0/s1. The van der Waals surface area contributed by atoms with Crippen molar-refractivity contribution in [2.75, 3.05) is 5.32 Å². The first-order valence-corrected chi connectivity index (χ1v) is 6.87. The Balaban J connectivity index is 1.81. The van der Waals surface area contributed by atoms with Crippen LogP contribution in [0.25, 0.3) is 0 Å². The van der Waals surface area contributed by atoms with Crippen LogP contribution in [0.15, 0.2) is 48.5 Å². The number of rotatable bonds is 2. The molecular weight excluding hydrogens is 266 g/mol. The minimum atomic E-state index is -0.968.